The molecule has 0 spiro atoms. The number of aryl methyl sites for hydroxylation is 2. The standard InChI is InChI=1S/C14H16N4O4/c1-10-8-15-17(9-10)4-3-14(19)16-11-5-12(18(20)21)7-13(6-11)22-2/h5-9H,3-4H2,1-2H3,(H,16,19). The number of ether oxygens (including phenoxy) is 1. The monoisotopic (exact) mass is 304 g/mol. The molecule has 0 fully saturated rings. The minimum atomic E-state index is -0.537. The van der Waals surface area contributed by atoms with Crippen LogP contribution < -0.4 is 10.1 Å². The predicted octanol–water partition coefficient (Wildman–Crippen LogP) is 2.14. The number of amides is 1. The van der Waals surface area contributed by atoms with Crippen molar-refractivity contribution in [3.63, 3.8) is 0 Å². The second-order valence-electron chi connectivity index (χ2n) is 4.76. The highest BCUT2D eigenvalue weighted by atomic mass is 16.6. The zero-order valence-corrected chi connectivity index (χ0v) is 12.3. The molecule has 1 aromatic carbocycles. The van der Waals surface area contributed by atoms with Crippen molar-refractivity contribution in [1.82, 2.24) is 9.78 Å². The minimum absolute atomic E-state index is 0.141. The average Bonchev–Trinajstić information content (AvgIpc) is 2.90. The van der Waals surface area contributed by atoms with E-state index in [0.717, 1.165) is 5.56 Å². The van der Waals surface area contributed by atoms with Gasteiger partial charge in [-0.25, -0.2) is 0 Å². The number of aromatic nitrogens is 2. The molecule has 2 aromatic rings. The number of anilines is 1. The van der Waals surface area contributed by atoms with E-state index >= 15 is 0 Å². The summed E-state index contributed by atoms with van der Waals surface area (Å²) in [6.07, 6.45) is 3.76. The Bertz CT molecular complexity index is 696. The predicted molar refractivity (Wildman–Crippen MR) is 79.9 cm³/mol. The molecule has 0 aliphatic rings. The molecule has 2 rings (SSSR count). The summed E-state index contributed by atoms with van der Waals surface area (Å²) >= 11 is 0. The van der Waals surface area contributed by atoms with Gasteiger partial charge >= 0.3 is 0 Å². The quantitative estimate of drug-likeness (QED) is 0.651. The van der Waals surface area contributed by atoms with E-state index in [9.17, 15) is 14.9 Å². The molecular weight excluding hydrogens is 288 g/mol. The number of nitrogens with one attached hydrogen (secondary N) is 1. The Kier molecular flexibility index (Phi) is 4.72. The molecule has 1 aromatic heterocycles. The molecule has 1 N–H and O–H groups in total. The first-order valence-electron chi connectivity index (χ1n) is 6.60. The van der Waals surface area contributed by atoms with E-state index in [-0.39, 0.29) is 18.0 Å². The van der Waals surface area contributed by atoms with Crippen LogP contribution in [0.2, 0.25) is 0 Å². The summed E-state index contributed by atoms with van der Waals surface area (Å²) < 4.78 is 6.66. The highest BCUT2D eigenvalue weighted by molar-refractivity contribution is 5.91. The molecule has 0 atom stereocenters. The number of benzene rings is 1. The van der Waals surface area contributed by atoms with Crippen molar-refractivity contribution in [2.45, 2.75) is 19.9 Å². The van der Waals surface area contributed by atoms with E-state index in [1.165, 1.54) is 25.3 Å². The van der Waals surface area contributed by atoms with E-state index in [0.29, 0.717) is 18.0 Å². The molecule has 116 valence electrons. The van der Waals surface area contributed by atoms with Gasteiger partial charge in [-0.05, 0) is 12.5 Å². The number of hydrogen-bond acceptors (Lipinski definition) is 5. The minimum Gasteiger partial charge on any atom is -0.496 e. The number of rotatable bonds is 6. The largest absolute Gasteiger partial charge is 0.496 e. The highest BCUT2D eigenvalue weighted by Crippen LogP contribution is 2.25. The Hall–Kier alpha value is -2.90. The third-order valence-corrected chi connectivity index (χ3v) is 2.95. The Morgan fingerprint density at radius 1 is 1.45 bits per heavy atom. The van der Waals surface area contributed by atoms with Crippen LogP contribution in [0.4, 0.5) is 11.4 Å². The lowest BCUT2D eigenvalue weighted by Crippen LogP contribution is -2.15. The molecule has 8 heteroatoms. The van der Waals surface area contributed by atoms with Crippen LogP contribution in [0.25, 0.3) is 0 Å². The Morgan fingerprint density at radius 3 is 2.82 bits per heavy atom. The third-order valence-electron chi connectivity index (χ3n) is 2.95. The molecule has 8 nitrogen and oxygen atoms in total. The summed E-state index contributed by atoms with van der Waals surface area (Å²) in [5.74, 6) is 0.0582. The first-order valence-corrected chi connectivity index (χ1v) is 6.60. The molecule has 0 saturated carbocycles. The zero-order valence-electron chi connectivity index (χ0n) is 12.3. The summed E-state index contributed by atoms with van der Waals surface area (Å²) in [6, 6.07) is 4.11. The Labute approximate surface area is 126 Å². The maximum Gasteiger partial charge on any atom is 0.275 e. The maximum atomic E-state index is 11.9. The fraction of sp³-hybridized carbons (Fsp3) is 0.286. The number of nitrogens with zero attached hydrogens (tertiary/aromatic N) is 3. The highest BCUT2D eigenvalue weighted by Gasteiger charge is 2.12. The van der Waals surface area contributed by atoms with Gasteiger partial charge < -0.3 is 10.1 Å². The molecule has 0 unspecified atom stereocenters. The van der Waals surface area contributed by atoms with Crippen LogP contribution in [-0.2, 0) is 11.3 Å². The molecule has 0 radical (unpaired) electrons. The van der Waals surface area contributed by atoms with Gasteiger partial charge in [0.2, 0.25) is 5.91 Å². The van der Waals surface area contributed by atoms with Crippen molar-refractivity contribution < 1.29 is 14.5 Å². The van der Waals surface area contributed by atoms with E-state index in [1.54, 1.807) is 10.9 Å². The van der Waals surface area contributed by atoms with Crippen molar-refractivity contribution in [3.05, 3.63) is 46.3 Å². The first-order chi connectivity index (χ1) is 10.5. The lowest BCUT2D eigenvalue weighted by atomic mass is 10.2. The van der Waals surface area contributed by atoms with E-state index in [2.05, 4.69) is 10.4 Å². The SMILES string of the molecule is COc1cc(NC(=O)CCn2cc(C)cn2)cc([N+](=O)[O-])c1. The first kappa shape index (κ1) is 15.5. The lowest BCUT2D eigenvalue weighted by Gasteiger charge is -2.07. The van der Waals surface area contributed by atoms with Gasteiger partial charge in [-0.15, -0.1) is 0 Å². The molecule has 0 bridgehead atoms. The van der Waals surface area contributed by atoms with Crippen LogP contribution in [0.15, 0.2) is 30.6 Å². The van der Waals surface area contributed by atoms with Gasteiger partial charge in [0.15, 0.2) is 0 Å². The fourth-order valence-electron chi connectivity index (χ4n) is 1.91. The molecular formula is C14H16N4O4. The second kappa shape index (κ2) is 6.70. The molecule has 0 aliphatic carbocycles. The van der Waals surface area contributed by atoms with Crippen LogP contribution in [0, 0.1) is 17.0 Å². The van der Waals surface area contributed by atoms with Crippen molar-refractivity contribution >= 4 is 17.3 Å². The molecule has 0 aliphatic heterocycles. The fourth-order valence-corrected chi connectivity index (χ4v) is 1.91. The van der Waals surface area contributed by atoms with Crippen LogP contribution in [0.3, 0.4) is 0 Å². The number of nitro groups is 1. The number of carbonyl (C=O) groups is 1. The number of carbonyl (C=O) groups excluding carboxylic acids is 1. The second-order valence-corrected chi connectivity index (χ2v) is 4.76. The van der Waals surface area contributed by atoms with E-state index in [1.807, 2.05) is 13.1 Å². The molecule has 1 heterocycles. The van der Waals surface area contributed by atoms with Crippen molar-refractivity contribution in [1.29, 1.82) is 0 Å². The molecule has 22 heavy (non-hydrogen) atoms. The molecule has 1 amide bonds. The summed E-state index contributed by atoms with van der Waals surface area (Å²) in [5.41, 5.74) is 1.20. The van der Waals surface area contributed by atoms with Gasteiger partial charge in [-0.2, -0.15) is 5.10 Å². The zero-order chi connectivity index (χ0) is 16.1. The van der Waals surface area contributed by atoms with Crippen molar-refractivity contribution in [2.24, 2.45) is 0 Å². The van der Waals surface area contributed by atoms with Crippen molar-refractivity contribution in [2.75, 3.05) is 12.4 Å². The number of methoxy groups -OCH3 is 1. The Balaban J connectivity index is 2.01. The van der Waals surface area contributed by atoms with Crippen LogP contribution in [-0.4, -0.2) is 27.7 Å². The van der Waals surface area contributed by atoms with Gasteiger partial charge in [-0.1, -0.05) is 0 Å². The smallest absolute Gasteiger partial charge is 0.275 e. The van der Waals surface area contributed by atoms with Gasteiger partial charge in [0.05, 0.1) is 30.0 Å². The van der Waals surface area contributed by atoms with Crippen LogP contribution >= 0.6 is 0 Å². The molecule has 0 saturated heterocycles. The summed E-state index contributed by atoms with van der Waals surface area (Å²) in [6.45, 7) is 2.35. The van der Waals surface area contributed by atoms with E-state index in [4.69, 9.17) is 4.74 Å². The number of non-ortho nitro benzene ring substituents is 1. The van der Waals surface area contributed by atoms with Gasteiger partial charge in [0.25, 0.3) is 5.69 Å². The summed E-state index contributed by atoms with van der Waals surface area (Å²) in [7, 11) is 1.41. The van der Waals surface area contributed by atoms with Gasteiger partial charge in [-0.3, -0.25) is 19.6 Å². The van der Waals surface area contributed by atoms with Gasteiger partial charge in [0.1, 0.15) is 5.75 Å². The van der Waals surface area contributed by atoms with E-state index < -0.39 is 4.92 Å². The third kappa shape index (κ3) is 4.05. The topological polar surface area (TPSA) is 99.3 Å². The Morgan fingerprint density at radius 2 is 2.23 bits per heavy atom. The maximum absolute atomic E-state index is 11.9. The van der Waals surface area contributed by atoms with Gasteiger partial charge in [0, 0.05) is 31.3 Å². The summed E-state index contributed by atoms with van der Waals surface area (Å²) in [5, 5.41) is 17.6. The number of nitro benzene ring substituents is 1. The van der Waals surface area contributed by atoms with Crippen molar-refractivity contribution in [3.8, 4) is 5.75 Å². The normalized spacial score (nSPS) is 10.3. The average molecular weight is 304 g/mol. The van der Waals surface area contributed by atoms with Crippen LogP contribution in [0.5, 0.6) is 5.75 Å². The van der Waals surface area contributed by atoms with Crippen LogP contribution in [0.1, 0.15) is 12.0 Å². The summed E-state index contributed by atoms with van der Waals surface area (Å²) in [4.78, 5) is 22.2. The number of hydrogen-bond donors (Lipinski definition) is 1. The lowest BCUT2D eigenvalue weighted by molar-refractivity contribution is -0.384.